The van der Waals surface area contributed by atoms with E-state index in [4.69, 9.17) is 14.6 Å². The van der Waals surface area contributed by atoms with Crippen molar-refractivity contribution in [1.82, 2.24) is 10.6 Å². The summed E-state index contributed by atoms with van der Waals surface area (Å²) in [5.41, 5.74) is 4.67. The number of carbonyl (C=O) groups excluding carboxylic acids is 2. The first-order valence-electron chi connectivity index (χ1n) is 12.2. The molecule has 1 aliphatic heterocycles. The molecule has 0 spiro atoms. The molecule has 0 radical (unpaired) electrons. The Morgan fingerprint density at radius 1 is 1.06 bits per heavy atom. The molecule has 1 heterocycles. The molecular weight excluding hydrogens is 448 g/mol. The van der Waals surface area contributed by atoms with Crippen molar-refractivity contribution >= 4 is 18.0 Å². The average molecular weight is 481 g/mol. The summed E-state index contributed by atoms with van der Waals surface area (Å²) in [6.45, 7) is 3.02. The minimum Gasteiger partial charge on any atom is -0.481 e. The minimum atomic E-state index is -0.871. The number of ether oxygens (including phenoxy) is 2. The van der Waals surface area contributed by atoms with E-state index < -0.39 is 18.0 Å². The first-order valence-corrected chi connectivity index (χ1v) is 12.2. The smallest absolute Gasteiger partial charge is 0.407 e. The molecule has 4 rings (SSSR count). The van der Waals surface area contributed by atoms with E-state index >= 15 is 0 Å². The van der Waals surface area contributed by atoms with E-state index in [1.54, 1.807) is 0 Å². The van der Waals surface area contributed by atoms with Crippen LogP contribution in [0.25, 0.3) is 11.1 Å². The lowest BCUT2D eigenvalue weighted by atomic mass is 9.98. The molecule has 2 amide bonds. The maximum atomic E-state index is 12.4. The highest BCUT2D eigenvalue weighted by atomic mass is 16.5. The topological polar surface area (TPSA) is 114 Å². The maximum absolute atomic E-state index is 12.4. The van der Waals surface area contributed by atoms with E-state index in [-0.39, 0.29) is 43.5 Å². The summed E-state index contributed by atoms with van der Waals surface area (Å²) < 4.78 is 11.0. The number of carbonyl (C=O) groups is 3. The number of benzene rings is 2. The predicted octanol–water partition coefficient (Wildman–Crippen LogP) is 3.55. The Bertz CT molecular complexity index is 1030. The van der Waals surface area contributed by atoms with Gasteiger partial charge in [0.15, 0.2) is 0 Å². The first kappa shape index (κ1) is 24.7. The van der Waals surface area contributed by atoms with Crippen LogP contribution in [0.3, 0.4) is 0 Å². The van der Waals surface area contributed by atoms with Gasteiger partial charge in [-0.25, -0.2) is 4.79 Å². The average Bonchev–Trinajstić information content (AvgIpc) is 3.47. The van der Waals surface area contributed by atoms with Crippen LogP contribution in [0.4, 0.5) is 4.79 Å². The van der Waals surface area contributed by atoms with Gasteiger partial charge >= 0.3 is 12.1 Å². The van der Waals surface area contributed by atoms with Gasteiger partial charge in [0, 0.05) is 25.4 Å². The van der Waals surface area contributed by atoms with Crippen LogP contribution in [0.2, 0.25) is 0 Å². The van der Waals surface area contributed by atoms with Crippen LogP contribution in [-0.2, 0) is 19.1 Å². The molecule has 1 fully saturated rings. The Hall–Kier alpha value is -3.39. The summed E-state index contributed by atoms with van der Waals surface area (Å²) in [5.74, 6) is -1.56. The predicted molar refractivity (Wildman–Crippen MR) is 130 cm³/mol. The standard InChI is InChI=1S/C27H32N2O6/c1-2-17(11-25(30)28-14-19-12-18(15-34-19)26(31)32)13-29-27(33)35-16-24-22-9-5-3-7-20(22)21-8-4-6-10-23(21)24/h3-10,17-19,24H,2,11-16H2,1H3,(H,28,30)(H,29,33)(H,31,32)/t17?,18-,19-/m1/s1. The number of carboxylic acid groups (broad SMARTS) is 1. The largest absolute Gasteiger partial charge is 0.481 e. The molecule has 0 saturated carbocycles. The molecule has 8 heteroatoms. The lowest BCUT2D eigenvalue weighted by Gasteiger charge is -2.18. The van der Waals surface area contributed by atoms with Crippen LogP contribution >= 0.6 is 0 Å². The van der Waals surface area contributed by atoms with Crippen LogP contribution in [-0.4, -0.2) is 55.5 Å². The van der Waals surface area contributed by atoms with E-state index in [0.29, 0.717) is 19.5 Å². The van der Waals surface area contributed by atoms with Crippen molar-refractivity contribution in [1.29, 1.82) is 0 Å². The van der Waals surface area contributed by atoms with Crippen molar-refractivity contribution in [2.75, 3.05) is 26.3 Å². The van der Waals surface area contributed by atoms with Crippen LogP contribution < -0.4 is 10.6 Å². The third-order valence-corrected chi connectivity index (χ3v) is 6.89. The van der Waals surface area contributed by atoms with E-state index in [1.807, 2.05) is 31.2 Å². The number of hydrogen-bond donors (Lipinski definition) is 3. The highest BCUT2D eigenvalue weighted by Crippen LogP contribution is 2.44. The molecule has 3 atom stereocenters. The van der Waals surface area contributed by atoms with E-state index in [9.17, 15) is 14.4 Å². The molecule has 3 N–H and O–H groups in total. The van der Waals surface area contributed by atoms with Crippen molar-refractivity contribution in [2.45, 2.75) is 38.2 Å². The van der Waals surface area contributed by atoms with Crippen molar-refractivity contribution in [3.8, 4) is 11.1 Å². The van der Waals surface area contributed by atoms with Crippen molar-refractivity contribution < 1.29 is 29.0 Å². The van der Waals surface area contributed by atoms with Crippen LogP contribution in [0, 0.1) is 11.8 Å². The summed E-state index contributed by atoms with van der Waals surface area (Å²) in [7, 11) is 0. The molecule has 35 heavy (non-hydrogen) atoms. The fourth-order valence-corrected chi connectivity index (χ4v) is 4.82. The van der Waals surface area contributed by atoms with Gasteiger partial charge in [0.1, 0.15) is 6.61 Å². The van der Waals surface area contributed by atoms with Gasteiger partial charge in [-0.15, -0.1) is 0 Å². The number of aliphatic carboxylic acids is 1. The normalized spacial score (nSPS) is 19.5. The maximum Gasteiger partial charge on any atom is 0.407 e. The van der Waals surface area contributed by atoms with Crippen LogP contribution in [0.1, 0.15) is 43.2 Å². The number of alkyl carbamates (subject to hydrolysis) is 1. The quantitative estimate of drug-likeness (QED) is 0.479. The number of hydrogen-bond acceptors (Lipinski definition) is 5. The molecule has 0 bridgehead atoms. The molecule has 1 aliphatic carbocycles. The molecule has 8 nitrogen and oxygen atoms in total. The fraction of sp³-hybridized carbons (Fsp3) is 0.444. The summed E-state index contributed by atoms with van der Waals surface area (Å²) in [6, 6.07) is 16.4. The summed E-state index contributed by atoms with van der Waals surface area (Å²) in [4.78, 5) is 35.8. The Morgan fingerprint density at radius 2 is 1.71 bits per heavy atom. The van der Waals surface area contributed by atoms with Gasteiger partial charge in [0.2, 0.25) is 5.91 Å². The number of nitrogens with one attached hydrogen (secondary N) is 2. The van der Waals surface area contributed by atoms with Crippen LogP contribution in [0.15, 0.2) is 48.5 Å². The zero-order chi connectivity index (χ0) is 24.8. The minimum absolute atomic E-state index is 0.000527. The second-order valence-electron chi connectivity index (χ2n) is 9.22. The highest BCUT2D eigenvalue weighted by Gasteiger charge is 2.31. The Kier molecular flexibility index (Phi) is 8.02. The number of fused-ring (bicyclic) bond motifs is 3. The van der Waals surface area contributed by atoms with Crippen molar-refractivity contribution in [3.05, 3.63) is 59.7 Å². The second-order valence-corrected chi connectivity index (χ2v) is 9.22. The molecule has 1 saturated heterocycles. The van der Waals surface area contributed by atoms with Gasteiger partial charge in [-0.3, -0.25) is 9.59 Å². The fourth-order valence-electron chi connectivity index (χ4n) is 4.82. The SMILES string of the molecule is CCC(CNC(=O)OCC1c2ccccc2-c2ccccc21)CC(=O)NC[C@H]1C[C@@H](C(=O)O)CO1. The molecule has 2 aromatic carbocycles. The Labute approximate surface area is 205 Å². The number of carboxylic acids is 1. The van der Waals surface area contributed by atoms with Gasteiger partial charge in [-0.05, 0) is 34.6 Å². The molecule has 186 valence electrons. The summed E-state index contributed by atoms with van der Waals surface area (Å²) in [5, 5.41) is 14.6. The molecule has 1 unspecified atom stereocenters. The highest BCUT2D eigenvalue weighted by molar-refractivity contribution is 5.79. The van der Waals surface area contributed by atoms with Gasteiger partial charge < -0.3 is 25.2 Å². The second kappa shape index (κ2) is 11.4. The van der Waals surface area contributed by atoms with Gasteiger partial charge in [-0.2, -0.15) is 0 Å². The Morgan fingerprint density at radius 3 is 2.31 bits per heavy atom. The molecule has 2 aromatic rings. The van der Waals surface area contributed by atoms with E-state index in [0.717, 1.165) is 17.5 Å². The zero-order valence-electron chi connectivity index (χ0n) is 19.9. The Balaban J connectivity index is 1.20. The zero-order valence-corrected chi connectivity index (χ0v) is 19.9. The van der Waals surface area contributed by atoms with Gasteiger partial charge in [0.05, 0.1) is 18.6 Å². The van der Waals surface area contributed by atoms with Crippen LogP contribution in [0.5, 0.6) is 0 Å². The molecule has 0 aromatic heterocycles. The van der Waals surface area contributed by atoms with Gasteiger partial charge in [-0.1, -0.05) is 61.9 Å². The summed E-state index contributed by atoms with van der Waals surface area (Å²) >= 11 is 0. The molecular formula is C27H32N2O6. The van der Waals surface area contributed by atoms with Gasteiger partial charge in [0.25, 0.3) is 0 Å². The number of rotatable bonds is 10. The monoisotopic (exact) mass is 480 g/mol. The van der Waals surface area contributed by atoms with Crippen molar-refractivity contribution in [3.63, 3.8) is 0 Å². The van der Waals surface area contributed by atoms with E-state index in [1.165, 1.54) is 11.1 Å². The lowest BCUT2D eigenvalue weighted by Crippen LogP contribution is -2.36. The first-order chi connectivity index (χ1) is 17.0. The lowest BCUT2D eigenvalue weighted by molar-refractivity contribution is -0.141. The number of amides is 2. The van der Waals surface area contributed by atoms with E-state index in [2.05, 4.69) is 34.9 Å². The summed E-state index contributed by atoms with van der Waals surface area (Å²) in [6.07, 6.45) is 0.604. The third kappa shape index (κ3) is 6.00. The van der Waals surface area contributed by atoms with Crippen molar-refractivity contribution in [2.24, 2.45) is 11.8 Å². The molecule has 2 aliphatic rings. The third-order valence-electron chi connectivity index (χ3n) is 6.89.